The van der Waals surface area contributed by atoms with Crippen LogP contribution in [0.5, 0.6) is 0 Å². The van der Waals surface area contributed by atoms with E-state index in [9.17, 15) is 0 Å². The van der Waals surface area contributed by atoms with Gasteiger partial charge >= 0.3 is 203 Å². The van der Waals surface area contributed by atoms with Crippen molar-refractivity contribution in [2.45, 2.75) is 0 Å². The predicted octanol–water partition coefficient (Wildman–Crippen LogP) is 0.313. The summed E-state index contributed by atoms with van der Waals surface area (Å²) in [7, 11) is 28.4. The molecule has 0 aliphatic rings. The van der Waals surface area contributed by atoms with E-state index in [4.69, 9.17) is 0 Å². The molecule has 0 fully saturated rings. The van der Waals surface area contributed by atoms with Gasteiger partial charge in [-0.15, -0.1) is 0 Å². The number of guanidine groups is 4. The second-order valence-electron chi connectivity index (χ2n) is 8.51. The van der Waals surface area contributed by atoms with Crippen LogP contribution in [0, 0.1) is 0 Å². The van der Waals surface area contributed by atoms with E-state index in [1.54, 1.807) is 0 Å². The normalized spacial score (nSPS) is 14.1. The Morgan fingerprint density at radius 2 is 0.515 bits per heavy atom. The zero-order valence-electron chi connectivity index (χ0n) is 23.9. The van der Waals surface area contributed by atoms with Gasteiger partial charge in [0.05, 0.1) is 0 Å². The summed E-state index contributed by atoms with van der Waals surface area (Å²) in [6, 6.07) is 0. The average Bonchev–Trinajstić information content (AvgIpc) is 2.69. The Morgan fingerprint density at radius 1 is 0.364 bits per heavy atom. The van der Waals surface area contributed by atoms with E-state index in [2.05, 4.69) is 66.8 Å². The van der Waals surface area contributed by atoms with Gasteiger partial charge in [-0.3, -0.25) is 0 Å². The Hall–Kier alpha value is -2.49. The minimum absolute atomic E-state index is 0.824. The first-order chi connectivity index (χ1) is 15.2. The Labute approximate surface area is 203 Å². The fourth-order valence-corrected chi connectivity index (χ4v) is 9.46. The molecule has 0 aromatic heterocycles. The van der Waals surface area contributed by atoms with Crippen molar-refractivity contribution in [3.05, 3.63) is 0 Å². The Bertz CT molecular complexity index is 616. The van der Waals surface area contributed by atoms with Crippen LogP contribution in [-0.2, 0) is 0 Å². The summed E-state index contributed by atoms with van der Waals surface area (Å²) in [5.74, 6) is 3.30. The quantitative estimate of drug-likeness (QED) is 0.318. The van der Waals surface area contributed by atoms with Crippen LogP contribution in [0.1, 0.15) is 0 Å². The third-order valence-electron chi connectivity index (χ3n) is 5.40. The summed E-state index contributed by atoms with van der Waals surface area (Å²) < 4.78 is 8.96. The summed E-state index contributed by atoms with van der Waals surface area (Å²) in [4.78, 5) is 26.7. The Morgan fingerprint density at radius 3 is 0.606 bits per heavy atom. The molecule has 0 saturated heterocycles. The van der Waals surface area contributed by atoms with E-state index in [0.717, 1.165) is 23.8 Å². The van der Waals surface area contributed by atoms with Crippen molar-refractivity contribution < 1.29 is 0 Å². The van der Waals surface area contributed by atoms with Crippen molar-refractivity contribution in [1.29, 1.82) is 0 Å². The third-order valence-corrected chi connectivity index (χ3v) is 9.80. The van der Waals surface area contributed by atoms with Crippen molar-refractivity contribution in [2.24, 2.45) is 20.0 Å². The van der Waals surface area contributed by atoms with Crippen molar-refractivity contribution in [2.75, 3.05) is 113 Å². The molecule has 0 aliphatic heterocycles. The van der Waals surface area contributed by atoms with Gasteiger partial charge in [-0.2, -0.15) is 0 Å². The monoisotopic (exact) mass is 488 g/mol. The number of hydrogen-bond acceptors (Lipinski definition) is 4. The van der Waals surface area contributed by atoms with Crippen LogP contribution in [0.3, 0.4) is 0 Å². The molecule has 0 spiro atoms. The summed E-state index contributed by atoms with van der Waals surface area (Å²) >= 11 is 0. The molecule has 0 heterocycles. The van der Waals surface area contributed by atoms with Gasteiger partial charge in [-0.05, 0) is 0 Å². The van der Waals surface area contributed by atoms with Gasteiger partial charge in [0, 0.05) is 0 Å². The first-order valence-corrected chi connectivity index (χ1v) is 12.5. The minimum atomic E-state index is -3.15. The summed E-state index contributed by atoms with van der Waals surface area (Å²) in [6.07, 6.45) is 0. The van der Waals surface area contributed by atoms with Crippen molar-refractivity contribution in [3.63, 3.8) is 0 Å². The van der Waals surface area contributed by atoms with Gasteiger partial charge in [0.2, 0.25) is 0 Å². The van der Waals surface area contributed by atoms with E-state index < -0.39 is 7.87 Å². The Balaban J connectivity index is 7.75. The molecule has 33 heavy (non-hydrogen) atoms. The number of rotatable bonds is 4. The summed E-state index contributed by atoms with van der Waals surface area (Å²) in [5.41, 5.74) is 0. The maximum atomic E-state index is 4.65. The number of aliphatic imine (C=N–C) groups is 4. The van der Waals surface area contributed by atoms with Gasteiger partial charge in [0.25, 0.3) is 0 Å². The van der Waals surface area contributed by atoms with Gasteiger partial charge in [0.15, 0.2) is 0 Å². The van der Waals surface area contributed by atoms with Gasteiger partial charge in [0.1, 0.15) is 0 Å². The van der Waals surface area contributed by atoms with Crippen molar-refractivity contribution >= 4 is 31.7 Å². The van der Waals surface area contributed by atoms with E-state index in [-0.39, 0.29) is 0 Å². The third kappa shape index (κ3) is 5.90. The van der Waals surface area contributed by atoms with E-state index in [1.165, 1.54) is 0 Å². The van der Waals surface area contributed by atoms with Crippen LogP contribution in [0.2, 0.25) is 0 Å². The second kappa shape index (κ2) is 12.7. The fourth-order valence-electron chi connectivity index (χ4n) is 4.49. The number of hydrogen-bond donors (Lipinski definition) is 0. The molecule has 0 aromatic rings. The van der Waals surface area contributed by atoms with Crippen LogP contribution < -0.4 is 0 Å². The van der Waals surface area contributed by atoms with Crippen molar-refractivity contribution in [1.82, 2.24) is 38.3 Å². The van der Waals surface area contributed by atoms with Crippen molar-refractivity contribution in [3.8, 4) is 0 Å². The first kappa shape index (κ1) is 30.5. The molecule has 0 saturated carbocycles. The molecule has 13 heteroatoms. The SMILES string of the molecule is CN=C(N(C)C)N(C)[PH](N(C)C(=NC)N(C)C)(N(C)C(=NC)N(C)C)N(C)C(=NC)N(C)C. The number of nitrogens with zero attached hydrogens (tertiary/aromatic N) is 12. The molecule has 0 rings (SSSR count). The molecule has 0 aromatic carbocycles. The fraction of sp³-hybridized carbons (Fsp3) is 0.800. The van der Waals surface area contributed by atoms with E-state index in [1.807, 2.05) is 104 Å². The van der Waals surface area contributed by atoms with E-state index >= 15 is 0 Å². The molecule has 0 aliphatic carbocycles. The molecule has 12 nitrogen and oxygen atoms in total. The summed E-state index contributed by atoms with van der Waals surface area (Å²) in [6.45, 7) is 0. The first-order valence-electron chi connectivity index (χ1n) is 10.7. The van der Waals surface area contributed by atoms with Crippen LogP contribution in [0.25, 0.3) is 0 Å². The topological polar surface area (TPSA) is 75.4 Å². The van der Waals surface area contributed by atoms with Gasteiger partial charge in [-0.25, -0.2) is 0 Å². The molecule has 0 radical (unpaired) electrons. The van der Waals surface area contributed by atoms with E-state index in [0.29, 0.717) is 0 Å². The maximum absolute atomic E-state index is 4.65. The molecule has 194 valence electrons. The standard InChI is InChI=1S/C20H49N12P/c1-21-17(25(5)6)29(13)33(30(14)18(22-2)26(7)8,31(15)19(23-3)27(9)10)32(16)20(24-4)28(11)12/h33H,1-16H3. The van der Waals surface area contributed by atoms with Crippen LogP contribution in [0.4, 0.5) is 0 Å². The van der Waals surface area contributed by atoms with Gasteiger partial charge in [-0.1, -0.05) is 0 Å². The molecular formula is C20H49N12P. The predicted molar refractivity (Wildman–Crippen MR) is 148 cm³/mol. The molecular weight excluding hydrogens is 439 g/mol. The zero-order valence-corrected chi connectivity index (χ0v) is 24.9. The zero-order chi connectivity index (χ0) is 26.3. The van der Waals surface area contributed by atoms with Crippen LogP contribution in [-0.4, -0.2) is 175 Å². The molecule has 0 atom stereocenters. The molecule has 0 N–H and O–H groups in total. The van der Waals surface area contributed by atoms with Gasteiger partial charge < -0.3 is 0 Å². The second-order valence-corrected chi connectivity index (χ2v) is 12.4. The molecule has 0 unspecified atom stereocenters. The molecule has 0 amide bonds. The Kier molecular flexibility index (Phi) is 11.7. The van der Waals surface area contributed by atoms with Crippen LogP contribution >= 0.6 is 7.87 Å². The summed E-state index contributed by atoms with van der Waals surface area (Å²) in [5, 5.41) is 0. The molecule has 0 bridgehead atoms. The average molecular weight is 489 g/mol. The van der Waals surface area contributed by atoms with Crippen LogP contribution in [0.15, 0.2) is 20.0 Å².